The van der Waals surface area contributed by atoms with Gasteiger partial charge in [-0.1, -0.05) is 54.1 Å². The van der Waals surface area contributed by atoms with Crippen LogP contribution >= 0.6 is 11.6 Å². The lowest BCUT2D eigenvalue weighted by Crippen LogP contribution is -2.55. The Hall–Kier alpha value is -4.04. The van der Waals surface area contributed by atoms with Gasteiger partial charge in [0.15, 0.2) is 0 Å². The summed E-state index contributed by atoms with van der Waals surface area (Å²) < 4.78 is 5.88. The van der Waals surface area contributed by atoms with Gasteiger partial charge in [0, 0.05) is 60.1 Å². The van der Waals surface area contributed by atoms with E-state index < -0.39 is 17.1 Å². The van der Waals surface area contributed by atoms with Gasteiger partial charge in [0.2, 0.25) is 5.91 Å². The van der Waals surface area contributed by atoms with Crippen LogP contribution in [0.5, 0.6) is 0 Å². The number of anilines is 1. The summed E-state index contributed by atoms with van der Waals surface area (Å²) in [5.41, 5.74) is 3.91. The summed E-state index contributed by atoms with van der Waals surface area (Å²) >= 11 is 6.27. The van der Waals surface area contributed by atoms with Gasteiger partial charge in [-0.3, -0.25) is 9.69 Å². The fourth-order valence-electron chi connectivity index (χ4n) is 6.92. The SMILES string of the molecule is CC(C)(C)OC(=O)N1C(C(C(=O)N2CCN(c3c(-c4ccccc4)cnc4[nH]ccc34)CC2)c2ccc(Cl)cc2)CCC1(C)C. The highest BCUT2D eigenvalue weighted by Gasteiger charge is 2.50. The van der Waals surface area contributed by atoms with Crippen molar-refractivity contribution in [2.24, 2.45) is 0 Å². The van der Waals surface area contributed by atoms with Crippen LogP contribution < -0.4 is 4.90 Å². The van der Waals surface area contributed by atoms with Crippen molar-refractivity contribution in [3.8, 4) is 11.1 Å². The van der Waals surface area contributed by atoms with Crippen molar-refractivity contribution in [1.29, 1.82) is 0 Å². The minimum atomic E-state index is -0.646. The van der Waals surface area contributed by atoms with E-state index in [-0.39, 0.29) is 18.0 Å². The third kappa shape index (κ3) is 6.25. The van der Waals surface area contributed by atoms with Crippen molar-refractivity contribution in [3.05, 3.63) is 83.6 Å². The fraction of sp³-hybridized carbons (Fsp3) is 0.417. The molecule has 0 spiro atoms. The number of rotatable bonds is 5. The van der Waals surface area contributed by atoms with Crippen LogP contribution in [0.2, 0.25) is 5.02 Å². The molecule has 8 nitrogen and oxygen atoms in total. The average molecular weight is 628 g/mol. The maximum Gasteiger partial charge on any atom is 0.411 e. The zero-order valence-corrected chi connectivity index (χ0v) is 27.5. The van der Waals surface area contributed by atoms with Crippen LogP contribution in [0.1, 0.15) is 58.9 Å². The summed E-state index contributed by atoms with van der Waals surface area (Å²) in [5.74, 6) is -0.515. The topological polar surface area (TPSA) is 81.8 Å². The van der Waals surface area contributed by atoms with Crippen molar-refractivity contribution in [2.75, 3.05) is 31.1 Å². The Morgan fingerprint density at radius 3 is 2.36 bits per heavy atom. The fourth-order valence-corrected chi connectivity index (χ4v) is 7.04. The third-order valence-electron chi connectivity index (χ3n) is 9.06. The number of piperazine rings is 1. The lowest BCUT2D eigenvalue weighted by molar-refractivity contribution is -0.134. The molecule has 2 saturated heterocycles. The number of hydrogen-bond acceptors (Lipinski definition) is 5. The smallest absolute Gasteiger partial charge is 0.411 e. The molecule has 45 heavy (non-hydrogen) atoms. The van der Waals surface area contributed by atoms with E-state index in [0.29, 0.717) is 37.6 Å². The first-order valence-electron chi connectivity index (χ1n) is 15.8. The summed E-state index contributed by atoms with van der Waals surface area (Å²) in [6, 6.07) is 19.5. The van der Waals surface area contributed by atoms with Crippen LogP contribution in [-0.4, -0.2) is 75.1 Å². The van der Waals surface area contributed by atoms with Crippen LogP contribution in [0, 0.1) is 0 Å². The summed E-state index contributed by atoms with van der Waals surface area (Å²) in [6.07, 6.45) is 4.96. The van der Waals surface area contributed by atoms with Crippen molar-refractivity contribution >= 4 is 40.3 Å². The Balaban J connectivity index is 1.29. The zero-order chi connectivity index (χ0) is 31.9. The predicted octanol–water partition coefficient (Wildman–Crippen LogP) is 7.49. The van der Waals surface area contributed by atoms with Gasteiger partial charge in [-0.15, -0.1) is 0 Å². The number of benzene rings is 2. The minimum Gasteiger partial charge on any atom is -0.444 e. The van der Waals surface area contributed by atoms with Gasteiger partial charge in [-0.2, -0.15) is 0 Å². The van der Waals surface area contributed by atoms with E-state index in [0.717, 1.165) is 39.8 Å². The first-order valence-corrected chi connectivity index (χ1v) is 16.1. The monoisotopic (exact) mass is 627 g/mol. The van der Waals surface area contributed by atoms with E-state index in [1.807, 2.05) is 85.4 Å². The molecule has 9 heteroatoms. The van der Waals surface area contributed by atoms with Gasteiger partial charge in [0.05, 0.1) is 17.6 Å². The number of H-pyrrole nitrogens is 1. The highest BCUT2D eigenvalue weighted by atomic mass is 35.5. The molecular weight excluding hydrogens is 586 g/mol. The van der Waals surface area contributed by atoms with E-state index in [1.54, 1.807) is 0 Å². The maximum absolute atomic E-state index is 14.6. The highest BCUT2D eigenvalue weighted by Crippen LogP contribution is 2.43. The number of ether oxygens (including phenoxy) is 1. The molecule has 4 heterocycles. The molecule has 2 fully saturated rings. The van der Waals surface area contributed by atoms with Crippen molar-refractivity contribution < 1.29 is 14.3 Å². The normalized spacial score (nSPS) is 19.2. The van der Waals surface area contributed by atoms with Crippen LogP contribution in [0.25, 0.3) is 22.2 Å². The van der Waals surface area contributed by atoms with E-state index in [2.05, 4.69) is 46.9 Å². The van der Waals surface area contributed by atoms with E-state index in [1.165, 1.54) is 0 Å². The predicted molar refractivity (Wildman–Crippen MR) is 180 cm³/mol. The number of aromatic amines is 1. The lowest BCUT2D eigenvalue weighted by Gasteiger charge is -2.42. The van der Waals surface area contributed by atoms with Gasteiger partial charge in [-0.25, -0.2) is 9.78 Å². The Morgan fingerprint density at radius 1 is 1.00 bits per heavy atom. The molecular formula is C36H42ClN5O3. The molecule has 4 aromatic rings. The van der Waals surface area contributed by atoms with Gasteiger partial charge in [0.25, 0.3) is 0 Å². The van der Waals surface area contributed by atoms with Crippen LogP contribution in [-0.2, 0) is 9.53 Å². The van der Waals surface area contributed by atoms with E-state index >= 15 is 0 Å². The molecule has 2 aliphatic rings. The number of amides is 2. The number of likely N-dealkylation sites (tertiary alicyclic amines) is 1. The van der Waals surface area contributed by atoms with Crippen LogP contribution in [0.4, 0.5) is 10.5 Å². The van der Waals surface area contributed by atoms with Crippen molar-refractivity contribution in [2.45, 2.75) is 70.6 Å². The summed E-state index contributed by atoms with van der Waals surface area (Å²) in [6.45, 7) is 12.2. The summed E-state index contributed by atoms with van der Waals surface area (Å²) in [5, 5.41) is 1.67. The molecule has 2 unspecified atom stereocenters. The molecule has 2 atom stereocenters. The molecule has 236 valence electrons. The third-order valence-corrected chi connectivity index (χ3v) is 9.31. The second-order valence-electron chi connectivity index (χ2n) is 13.7. The number of aromatic nitrogens is 2. The molecule has 1 N–H and O–H groups in total. The molecule has 0 bridgehead atoms. The first-order chi connectivity index (χ1) is 21.4. The molecule has 2 aromatic heterocycles. The maximum atomic E-state index is 14.6. The van der Waals surface area contributed by atoms with Crippen molar-refractivity contribution in [1.82, 2.24) is 19.8 Å². The highest BCUT2D eigenvalue weighted by molar-refractivity contribution is 6.30. The number of hydrogen-bond donors (Lipinski definition) is 1. The Kier molecular flexibility index (Phi) is 8.29. The number of halogens is 1. The van der Waals surface area contributed by atoms with Gasteiger partial charge < -0.3 is 19.5 Å². The number of fused-ring (bicyclic) bond motifs is 1. The van der Waals surface area contributed by atoms with Gasteiger partial charge >= 0.3 is 6.09 Å². The first kappa shape index (κ1) is 31.0. The number of carbonyl (C=O) groups excluding carboxylic acids is 2. The number of nitrogens with zero attached hydrogens (tertiary/aromatic N) is 4. The lowest BCUT2D eigenvalue weighted by atomic mass is 9.88. The van der Waals surface area contributed by atoms with Gasteiger partial charge in [-0.05, 0) is 76.8 Å². The molecule has 0 radical (unpaired) electrons. The number of pyridine rings is 1. The zero-order valence-electron chi connectivity index (χ0n) is 26.7. The standard InChI is InChI=1S/C36H42ClN5O3/c1-35(2,3)45-34(44)42-29(15-17-36(42,4)5)30(25-11-13-26(37)14-12-25)33(43)41-21-19-40(20-22-41)31-27-16-18-38-32(27)39-23-28(31)24-9-7-6-8-10-24/h6-14,16,18,23,29-30H,15,17,19-22H2,1-5H3,(H,38,39). The van der Waals surface area contributed by atoms with E-state index in [4.69, 9.17) is 16.3 Å². The van der Waals surface area contributed by atoms with Gasteiger partial charge in [0.1, 0.15) is 11.2 Å². The average Bonchev–Trinajstić information content (AvgIpc) is 3.61. The number of carbonyl (C=O) groups is 2. The molecule has 0 aliphatic carbocycles. The largest absolute Gasteiger partial charge is 0.444 e. The Labute approximate surface area is 270 Å². The summed E-state index contributed by atoms with van der Waals surface area (Å²) in [4.78, 5) is 42.4. The minimum absolute atomic E-state index is 0.0260. The molecule has 2 aromatic carbocycles. The van der Waals surface area contributed by atoms with E-state index in [9.17, 15) is 9.59 Å². The number of nitrogens with one attached hydrogen (secondary N) is 1. The Bertz CT molecular complexity index is 1670. The molecule has 0 saturated carbocycles. The quantitative estimate of drug-likeness (QED) is 0.248. The van der Waals surface area contributed by atoms with Crippen molar-refractivity contribution in [3.63, 3.8) is 0 Å². The van der Waals surface area contributed by atoms with Crippen LogP contribution in [0.15, 0.2) is 73.1 Å². The second kappa shape index (κ2) is 12.0. The Morgan fingerprint density at radius 2 is 1.69 bits per heavy atom. The molecule has 2 aliphatic heterocycles. The summed E-state index contributed by atoms with van der Waals surface area (Å²) in [7, 11) is 0. The molecule has 6 rings (SSSR count). The second-order valence-corrected chi connectivity index (χ2v) is 14.2. The molecule has 2 amide bonds. The van der Waals surface area contributed by atoms with Crippen LogP contribution in [0.3, 0.4) is 0 Å².